The van der Waals surface area contributed by atoms with Gasteiger partial charge in [-0.05, 0) is 48.8 Å². The molecule has 0 bridgehead atoms. The smallest absolute Gasteiger partial charge is 0.240 e. The lowest BCUT2D eigenvalue weighted by Crippen LogP contribution is -2.50. The van der Waals surface area contributed by atoms with E-state index in [1.165, 1.54) is 11.1 Å². The van der Waals surface area contributed by atoms with Crippen LogP contribution in [0.5, 0.6) is 0 Å². The highest BCUT2D eigenvalue weighted by molar-refractivity contribution is 6.06. The Balaban J connectivity index is 1.72. The number of allylic oxidation sites excluding steroid dienone is 5. The van der Waals surface area contributed by atoms with E-state index < -0.39 is 11.9 Å². The molecule has 0 aromatic heterocycles. The van der Waals surface area contributed by atoms with Crippen molar-refractivity contribution in [2.75, 3.05) is 0 Å². The molecule has 3 rings (SSSR count). The summed E-state index contributed by atoms with van der Waals surface area (Å²) >= 11 is 0. The Kier molecular flexibility index (Phi) is 4.69. The number of nitrogens with one attached hydrogen (secondary N) is 1. The van der Waals surface area contributed by atoms with Crippen LogP contribution < -0.4 is 11.1 Å². The summed E-state index contributed by atoms with van der Waals surface area (Å²) in [5.41, 5.74) is 10.2. The first-order valence-corrected chi connectivity index (χ1v) is 8.78. The molecule has 2 amide bonds. The highest BCUT2D eigenvalue weighted by atomic mass is 16.2. The van der Waals surface area contributed by atoms with Crippen molar-refractivity contribution in [3.8, 4) is 0 Å². The zero-order valence-electron chi connectivity index (χ0n) is 14.3. The molecule has 2 aliphatic carbocycles. The van der Waals surface area contributed by atoms with Gasteiger partial charge in [-0.3, -0.25) is 14.6 Å². The van der Waals surface area contributed by atoms with Gasteiger partial charge < -0.3 is 11.1 Å². The molecule has 1 unspecified atom stereocenters. The number of nitrogens with zero attached hydrogens (tertiary/aromatic N) is 1. The van der Waals surface area contributed by atoms with E-state index in [1.807, 2.05) is 26.0 Å². The first-order valence-electron chi connectivity index (χ1n) is 8.78. The molecule has 1 saturated carbocycles. The van der Waals surface area contributed by atoms with E-state index >= 15 is 0 Å². The average molecular weight is 327 g/mol. The molecule has 1 heterocycles. The Bertz CT molecular complexity index is 685. The summed E-state index contributed by atoms with van der Waals surface area (Å²) in [4.78, 5) is 29.0. The van der Waals surface area contributed by atoms with Crippen LogP contribution in [0.15, 0.2) is 40.1 Å². The lowest BCUT2D eigenvalue weighted by molar-refractivity contribution is -0.131. The molecule has 0 aromatic carbocycles. The largest absolute Gasteiger partial charge is 0.368 e. The molecule has 3 N–H and O–H groups in total. The summed E-state index contributed by atoms with van der Waals surface area (Å²) < 4.78 is 0. The van der Waals surface area contributed by atoms with Gasteiger partial charge in [0, 0.05) is 11.6 Å². The van der Waals surface area contributed by atoms with Gasteiger partial charge >= 0.3 is 0 Å². The number of hydrogen-bond donors (Lipinski definition) is 2. The zero-order chi connectivity index (χ0) is 17.3. The summed E-state index contributed by atoms with van der Waals surface area (Å²) in [5, 5.41) is 2.88. The minimum atomic E-state index is -0.591. The number of carbonyl (C=O) groups is 2. The number of hydrogen-bond acceptors (Lipinski definition) is 3. The van der Waals surface area contributed by atoms with Crippen LogP contribution in [0.2, 0.25) is 0 Å². The molecule has 5 heteroatoms. The standard InChI is InChI=1S/C19H25N3O2/c1-3-11(2)17(18(20)23)22-19(24)12-8-9-16-14(10-12)13-6-4-5-7-15(13)21-16/h4-5,7,11-12,17H,3,6,8-10H2,1-2H3,(H2,20,23)(H,22,24)/t11-,12?,17-/m0/s1. The molecule has 24 heavy (non-hydrogen) atoms. The number of amides is 2. The molecule has 3 atom stereocenters. The fourth-order valence-electron chi connectivity index (χ4n) is 3.65. The van der Waals surface area contributed by atoms with Crippen molar-refractivity contribution in [1.82, 2.24) is 5.32 Å². The number of primary amides is 1. The van der Waals surface area contributed by atoms with Gasteiger partial charge in [-0.1, -0.05) is 32.4 Å². The third-order valence-electron chi connectivity index (χ3n) is 5.36. The van der Waals surface area contributed by atoms with E-state index in [2.05, 4.69) is 11.4 Å². The van der Waals surface area contributed by atoms with E-state index in [0.29, 0.717) is 6.42 Å². The third-order valence-corrected chi connectivity index (χ3v) is 5.36. The normalized spacial score (nSPS) is 24.5. The number of fused-ring (bicyclic) bond motifs is 2. The van der Waals surface area contributed by atoms with Gasteiger partial charge in [-0.15, -0.1) is 0 Å². The maximum Gasteiger partial charge on any atom is 0.240 e. The van der Waals surface area contributed by atoms with Crippen molar-refractivity contribution in [2.24, 2.45) is 22.6 Å². The van der Waals surface area contributed by atoms with Gasteiger partial charge in [0.25, 0.3) is 0 Å². The van der Waals surface area contributed by atoms with Crippen LogP contribution in [0.1, 0.15) is 46.0 Å². The Labute approximate surface area is 142 Å². The Morgan fingerprint density at radius 2 is 2.21 bits per heavy atom. The van der Waals surface area contributed by atoms with Gasteiger partial charge in [0.15, 0.2) is 0 Å². The quantitative estimate of drug-likeness (QED) is 0.812. The summed E-state index contributed by atoms with van der Waals surface area (Å²) in [5.74, 6) is -0.586. The molecule has 0 radical (unpaired) electrons. The zero-order valence-corrected chi connectivity index (χ0v) is 14.3. The molecule has 0 saturated heterocycles. The average Bonchev–Trinajstić information content (AvgIpc) is 2.96. The molecule has 3 aliphatic rings. The molecule has 1 aliphatic heterocycles. The van der Waals surface area contributed by atoms with E-state index in [4.69, 9.17) is 10.7 Å². The highest BCUT2D eigenvalue weighted by Crippen LogP contribution is 2.39. The van der Waals surface area contributed by atoms with Gasteiger partial charge in [-0.25, -0.2) is 0 Å². The molecule has 128 valence electrons. The number of rotatable bonds is 5. The predicted molar refractivity (Wildman–Crippen MR) is 94.2 cm³/mol. The van der Waals surface area contributed by atoms with Crippen molar-refractivity contribution >= 4 is 17.5 Å². The monoisotopic (exact) mass is 327 g/mol. The summed E-state index contributed by atoms with van der Waals surface area (Å²) in [6, 6.07) is -0.591. The molecule has 0 spiro atoms. The Morgan fingerprint density at radius 3 is 2.92 bits per heavy atom. The van der Waals surface area contributed by atoms with Crippen molar-refractivity contribution in [3.63, 3.8) is 0 Å². The highest BCUT2D eigenvalue weighted by Gasteiger charge is 2.35. The van der Waals surface area contributed by atoms with Crippen LogP contribution in [0.4, 0.5) is 0 Å². The number of aliphatic imine (C=N–C) groups is 1. The summed E-state index contributed by atoms with van der Waals surface area (Å²) in [6.07, 6.45) is 10.2. The van der Waals surface area contributed by atoms with E-state index in [0.717, 1.165) is 37.1 Å². The summed E-state index contributed by atoms with van der Waals surface area (Å²) in [6.45, 7) is 3.93. The van der Waals surface area contributed by atoms with Gasteiger partial charge in [0.1, 0.15) is 6.04 Å². The summed E-state index contributed by atoms with van der Waals surface area (Å²) in [7, 11) is 0. The molecule has 1 fully saturated rings. The third kappa shape index (κ3) is 3.07. The van der Waals surface area contributed by atoms with Crippen molar-refractivity contribution in [3.05, 3.63) is 35.1 Å². The second-order valence-electron chi connectivity index (χ2n) is 6.91. The maximum atomic E-state index is 12.7. The van der Waals surface area contributed by atoms with Crippen molar-refractivity contribution < 1.29 is 9.59 Å². The lowest BCUT2D eigenvalue weighted by Gasteiger charge is -2.27. The SMILES string of the molecule is CC[C@H](C)[C@H](NC(=O)C1CCC2=NC3=CC=CCC3=C2C1)C(N)=O. The molecular formula is C19H25N3O2. The van der Waals surface area contributed by atoms with Crippen LogP contribution in [0.25, 0.3) is 0 Å². The second-order valence-corrected chi connectivity index (χ2v) is 6.91. The Morgan fingerprint density at radius 1 is 1.42 bits per heavy atom. The fraction of sp³-hybridized carbons (Fsp3) is 0.526. The Hall–Kier alpha value is -2.17. The lowest BCUT2D eigenvalue weighted by atomic mass is 9.81. The fourth-order valence-corrected chi connectivity index (χ4v) is 3.65. The predicted octanol–water partition coefficient (Wildman–Crippen LogP) is 2.40. The first-order chi connectivity index (χ1) is 11.5. The first kappa shape index (κ1) is 16.7. The van der Waals surface area contributed by atoms with Gasteiger partial charge in [0.2, 0.25) is 11.8 Å². The van der Waals surface area contributed by atoms with E-state index in [-0.39, 0.29) is 17.7 Å². The molecule has 5 nitrogen and oxygen atoms in total. The number of carbonyl (C=O) groups excluding carboxylic acids is 2. The van der Waals surface area contributed by atoms with Crippen LogP contribution in [0.3, 0.4) is 0 Å². The van der Waals surface area contributed by atoms with Crippen molar-refractivity contribution in [1.29, 1.82) is 0 Å². The van der Waals surface area contributed by atoms with E-state index in [9.17, 15) is 9.59 Å². The van der Waals surface area contributed by atoms with Crippen LogP contribution in [-0.2, 0) is 9.59 Å². The van der Waals surface area contributed by atoms with Crippen LogP contribution in [0, 0.1) is 11.8 Å². The van der Waals surface area contributed by atoms with Crippen molar-refractivity contribution in [2.45, 2.75) is 52.0 Å². The van der Waals surface area contributed by atoms with Gasteiger partial charge in [-0.2, -0.15) is 0 Å². The minimum Gasteiger partial charge on any atom is -0.368 e. The maximum absolute atomic E-state index is 12.7. The van der Waals surface area contributed by atoms with Gasteiger partial charge in [0.05, 0.1) is 5.70 Å². The molecule has 0 aromatic rings. The van der Waals surface area contributed by atoms with Crippen LogP contribution in [-0.4, -0.2) is 23.6 Å². The number of nitrogens with two attached hydrogens (primary N) is 1. The van der Waals surface area contributed by atoms with E-state index in [1.54, 1.807) is 0 Å². The van der Waals surface area contributed by atoms with Crippen LogP contribution >= 0.6 is 0 Å². The second kappa shape index (κ2) is 6.75. The minimum absolute atomic E-state index is 0.0405. The molecular weight excluding hydrogens is 302 g/mol. The topological polar surface area (TPSA) is 84.6 Å².